The molecule has 1 aromatic carbocycles. The van der Waals surface area contributed by atoms with Gasteiger partial charge in [-0.15, -0.1) is 0 Å². The van der Waals surface area contributed by atoms with Crippen molar-refractivity contribution >= 4 is 5.91 Å². The lowest BCUT2D eigenvalue weighted by atomic mass is 9.76. The number of nitrogens with zero attached hydrogens (tertiary/aromatic N) is 1. The molecule has 3 rings (SSSR count). The van der Waals surface area contributed by atoms with E-state index in [4.69, 9.17) is 4.74 Å². The van der Waals surface area contributed by atoms with Crippen LogP contribution < -0.4 is 10.1 Å². The van der Waals surface area contributed by atoms with E-state index in [1.807, 2.05) is 18.2 Å². The molecule has 1 amide bonds. The van der Waals surface area contributed by atoms with Crippen LogP contribution in [0.15, 0.2) is 24.3 Å². The molecule has 2 fully saturated rings. The van der Waals surface area contributed by atoms with E-state index < -0.39 is 5.41 Å². The number of methoxy groups -OCH3 is 1. The van der Waals surface area contributed by atoms with Crippen LogP contribution in [0.2, 0.25) is 0 Å². The molecule has 0 radical (unpaired) electrons. The fourth-order valence-corrected chi connectivity index (χ4v) is 4.24. The molecule has 24 heavy (non-hydrogen) atoms. The van der Waals surface area contributed by atoms with Crippen LogP contribution in [0, 0.1) is 10.8 Å². The lowest BCUT2D eigenvalue weighted by molar-refractivity contribution is -0.142. The Labute approximate surface area is 145 Å². The number of benzene rings is 1. The lowest BCUT2D eigenvalue weighted by Crippen LogP contribution is -2.49. The molecule has 132 valence electrons. The van der Waals surface area contributed by atoms with Gasteiger partial charge in [-0.2, -0.15) is 0 Å². The molecule has 2 aliphatic rings. The monoisotopic (exact) mass is 330 g/mol. The highest BCUT2D eigenvalue weighted by atomic mass is 16.5. The van der Waals surface area contributed by atoms with Crippen molar-refractivity contribution in [1.29, 1.82) is 0 Å². The summed E-state index contributed by atoms with van der Waals surface area (Å²) in [6, 6.07) is 8.00. The minimum absolute atomic E-state index is 0.272. The number of nitrogens with one attached hydrogen (secondary N) is 1. The number of para-hydroxylation sites is 1. The first-order chi connectivity index (χ1) is 11.5. The summed E-state index contributed by atoms with van der Waals surface area (Å²) in [6.45, 7) is 8.17. The molecule has 0 bridgehead atoms. The van der Waals surface area contributed by atoms with Crippen LogP contribution in [0.1, 0.15) is 38.7 Å². The average Bonchev–Trinajstić information content (AvgIpc) is 3.03. The smallest absolute Gasteiger partial charge is 0.228 e. The SMILES string of the molecule is COc1ccccc1CC(C)(C)C(=O)N1CCC2(CCNC2)CC1. The Morgan fingerprint density at radius 3 is 2.58 bits per heavy atom. The second-order valence-corrected chi connectivity index (χ2v) is 8.09. The molecule has 0 aliphatic carbocycles. The van der Waals surface area contributed by atoms with E-state index in [1.165, 1.54) is 6.42 Å². The highest BCUT2D eigenvalue weighted by Gasteiger charge is 2.41. The zero-order valence-electron chi connectivity index (χ0n) is 15.2. The molecule has 2 aliphatic heterocycles. The van der Waals surface area contributed by atoms with Gasteiger partial charge in [-0.3, -0.25) is 4.79 Å². The van der Waals surface area contributed by atoms with Gasteiger partial charge in [0.05, 0.1) is 7.11 Å². The molecule has 4 nitrogen and oxygen atoms in total. The fraction of sp³-hybridized carbons (Fsp3) is 0.650. The average molecular weight is 330 g/mol. The van der Waals surface area contributed by atoms with Crippen molar-refractivity contribution in [2.24, 2.45) is 10.8 Å². The molecule has 0 atom stereocenters. The number of hydrogen-bond acceptors (Lipinski definition) is 3. The molecule has 2 saturated heterocycles. The van der Waals surface area contributed by atoms with Crippen LogP contribution in [0.4, 0.5) is 0 Å². The number of amides is 1. The van der Waals surface area contributed by atoms with Crippen molar-refractivity contribution in [2.45, 2.75) is 39.5 Å². The summed E-state index contributed by atoms with van der Waals surface area (Å²) in [4.78, 5) is 15.2. The van der Waals surface area contributed by atoms with Crippen molar-refractivity contribution in [1.82, 2.24) is 10.2 Å². The van der Waals surface area contributed by atoms with Crippen LogP contribution in [0.3, 0.4) is 0 Å². The third-order valence-electron chi connectivity index (χ3n) is 5.85. The Kier molecular flexibility index (Phi) is 4.86. The zero-order chi connectivity index (χ0) is 17.2. The highest BCUT2D eigenvalue weighted by Crippen LogP contribution is 2.38. The minimum atomic E-state index is -0.410. The van der Waals surface area contributed by atoms with Crippen molar-refractivity contribution in [3.8, 4) is 5.75 Å². The first kappa shape index (κ1) is 17.3. The first-order valence-corrected chi connectivity index (χ1v) is 9.08. The summed E-state index contributed by atoms with van der Waals surface area (Å²) < 4.78 is 5.45. The van der Waals surface area contributed by atoms with Gasteiger partial charge >= 0.3 is 0 Å². The van der Waals surface area contributed by atoms with Gasteiger partial charge in [0.25, 0.3) is 0 Å². The number of carbonyl (C=O) groups excluding carboxylic acids is 1. The zero-order valence-corrected chi connectivity index (χ0v) is 15.2. The molecule has 1 aromatic rings. The quantitative estimate of drug-likeness (QED) is 0.923. The molecule has 2 heterocycles. The maximum atomic E-state index is 13.1. The lowest BCUT2D eigenvalue weighted by Gasteiger charge is -2.41. The molecule has 0 saturated carbocycles. The van der Waals surface area contributed by atoms with Crippen molar-refractivity contribution in [2.75, 3.05) is 33.3 Å². The second-order valence-electron chi connectivity index (χ2n) is 8.09. The van der Waals surface area contributed by atoms with Gasteiger partial charge in [0, 0.05) is 25.0 Å². The van der Waals surface area contributed by atoms with Crippen molar-refractivity contribution in [3.05, 3.63) is 29.8 Å². The van der Waals surface area contributed by atoms with E-state index in [2.05, 4.69) is 30.1 Å². The van der Waals surface area contributed by atoms with Gasteiger partial charge in [-0.25, -0.2) is 0 Å². The number of ether oxygens (including phenoxy) is 1. The van der Waals surface area contributed by atoms with Gasteiger partial charge in [-0.1, -0.05) is 32.0 Å². The summed E-state index contributed by atoms with van der Waals surface area (Å²) in [6.07, 6.45) is 4.24. The van der Waals surface area contributed by atoms with Crippen LogP contribution in [-0.2, 0) is 11.2 Å². The largest absolute Gasteiger partial charge is 0.496 e. The third-order valence-corrected chi connectivity index (χ3v) is 5.85. The van der Waals surface area contributed by atoms with Gasteiger partial charge in [0.15, 0.2) is 0 Å². The molecular formula is C20H30N2O2. The fourth-order valence-electron chi connectivity index (χ4n) is 4.24. The number of hydrogen-bond donors (Lipinski definition) is 1. The maximum absolute atomic E-state index is 13.1. The maximum Gasteiger partial charge on any atom is 0.228 e. The van der Waals surface area contributed by atoms with Crippen molar-refractivity contribution < 1.29 is 9.53 Å². The highest BCUT2D eigenvalue weighted by molar-refractivity contribution is 5.82. The second kappa shape index (κ2) is 6.75. The summed E-state index contributed by atoms with van der Waals surface area (Å²) in [7, 11) is 1.69. The molecule has 4 heteroatoms. The Balaban J connectivity index is 1.65. The van der Waals surface area contributed by atoms with E-state index in [0.29, 0.717) is 11.8 Å². The first-order valence-electron chi connectivity index (χ1n) is 9.08. The Hall–Kier alpha value is -1.55. The summed E-state index contributed by atoms with van der Waals surface area (Å²) >= 11 is 0. The third kappa shape index (κ3) is 3.44. The number of carbonyl (C=O) groups is 1. The standard InChI is InChI=1S/C20H30N2O2/c1-19(2,14-16-6-4-5-7-17(16)24-3)18(23)22-12-9-20(10-13-22)8-11-21-15-20/h4-7,21H,8-15H2,1-3H3. The van der Waals surface area contributed by atoms with Crippen LogP contribution in [0.5, 0.6) is 5.75 Å². The molecule has 1 N–H and O–H groups in total. The number of likely N-dealkylation sites (tertiary alicyclic amines) is 1. The van der Waals surface area contributed by atoms with E-state index in [0.717, 1.165) is 50.3 Å². The number of piperidine rings is 1. The Bertz CT molecular complexity index is 581. The molecular weight excluding hydrogens is 300 g/mol. The predicted molar refractivity (Wildman–Crippen MR) is 96.2 cm³/mol. The molecule has 0 aromatic heterocycles. The van der Waals surface area contributed by atoms with E-state index >= 15 is 0 Å². The van der Waals surface area contributed by atoms with E-state index in [-0.39, 0.29) is 5.91 Å². The predicted octanol–water partition coefficient (Wildman–Crippen LogP) is 2.87. The topological polar surface area (TPSA) is 41.6 Å². The van der Waals surface area contributed by atoms with Gasteiger partial charge in [0.1, 0.15) is 5.75 Å². The van der Waals surface area contributed by atoms with Gasteiger partial charge in [0.2, 0.25) is 5.91 Å². The van der Waals surface area contributed by atoms with Crippen LogP contribution in [0.25, 0.3) is 0 Å². The minimum Gasteiger partial charge on any atom is -0.496 e. The summed E-state index contributed by atoms with van der Waals surface area (Å²) in [5.41, 5.74) is 1.14. The van der Waals surface area contributed by atoms with E-state index in [9.17, 15) is 4.79 Å². The summed E-state index contributed by atoms with van der Waals surface area (Å²) in [5.74, 6) is 1.14. The molecule has 0 unspecified atom stereocenters. The Morgan fingerprint density at radius 1 is 1.25 bits per heavy atom. The van der Waals surface area contributed by atoms with Crippen LogP contribution in [-0.4, -0.2) is 44.1 Å². The van der Waals surface area contributed by atoms with E-state index in [1.54, 1.807) is 7.11 Å². The van der Waals surface area contributed by atoms with Crippen LogP contribution >= 0.6 is 0 Å². The molecule has 1 spiro atoms. The summed E-state index contributed by atoms with van der Waals surface area (Å²) in [5, 5.41) is 3.49. The Morgan fingerprint density at radius 2 is 1.96 bits per heavy atom. The van der Waals surface area contributed by atoms with Gasteiger partial charge in [-0.05, 0) is 49.3 Å². The normalized spacial score (nSPS) is 20.4. The number of rotatable bonds is 4. The van der Waals surface area contributed by atoms with Gasteiger partial charge < -0.3 is 15.0 Å². The van der Waals surface area contributed by atoms with Crippen molar-refractivity contribution in [3.63, 3.8) is 0 Å².